The lowest BCUT2D eigenvalue weighted by Crippen LogP contribution is -2.26. The number of hydrogen-bond acceptors (Lipinski definition) is 6. The second-order valence-corrected chi connectivity index (χ2v) is 5.66. The van der Waals surface area contributed by atoms with Crippen molar-refractivity contribution >= 4 is 17.0 Å². The molecule has 3 rings (SSSR count). The second-order valence-electron chi connectivity index (χ2n) is 5.66. The predicted octanol–water partition coefficient (Wildman–Crippen LogP) is 2.41. The van der Waals surface area contributed by atoms with Crippen LogP contribution in [-0.4, -0.2) is 38.0 Å². The summed E-state index contributed by atoms with van der Waals surface area (Å²) in [5.74, 6) is 0.0571. The molecule has 0 saturated carbocycles. The number of aromatic nitrogens is 4. The quantitative estimate of drug-likeness (QED) is 0.735. The molecule has 23 heavy (non-hydrogen) atoms. The zero-order valence-corrected chi connectivity index (χ0v) is 13.2. The van der Waals surface area contributed by atoms with Crippen LogP contribution in [0.5, 0.6) is 0 Å². The van der Waals surface area contributed by atoms with Gasteiger partial charge in [-0.1, -0.05) is 19.0 Å². The first-order valence-electron chi connectivity index (χ1n) is 7.32. The zero-order valence-electron chi connectivity index (χ0n) is 13.2. The van der Waals surface area contributed by atoms with Crippen LogP contribution in [-0.2, 0) is 6.54 Å². The number of pyridine rings is 1. The van der Waals surface area contributed by atoms with Gasteiger partial charge in [-0.2, -0.15) is 0 Å². The highest BCUT2D eigenvalue weighted by Gasteiger charge is 2.18. The summed E-state index contributed by atoms with van der Waals surface area (Å²) in [5, 5.41) is 4.80. The first kappa shape index (κ1) is 15.1. The highest BCUT2D eigenvalue weighted by molar-refractivity contribution is 5.96. The first-order valence-corrected chi connectivity index (χ1v) is 7.32. The molecule has 3 heterocycles. The fourth-order valence-electron chi connectivity index (χ4n) is 2.33. The van der Waals surface area contributed by atoms with E-state index >= 15 is 0 Å². The maximum atomic E-state index is 12.6. The Morgan fingerprint density at radius 2 is 2.09 bits per heavy atom. The molecule has 0 aliphatic carbocycles. The van der Waals surface area contributed by atoms with E-state index in [9.17, 15) is 4.79 Å². The third kappa shape index (κ3) is 3.03. The fraction of sp³-hybridized carbons (Fsp3) is 0.312. The van der Waals surface area contributed by atoms with Gasteiger partial charge in [-0.3, -0.25) is 14.8 Å². The van der Waals surface area contributed by atoms with Crippen molar-refractivity contribution in [2.75, 3.05) is 7.05 Å². The van der Waals surface area contributed by atoms with E-state index in [1.807, 2.05) is 13.8 Å². The van der Waals surface area contributed by atoms with Crippen molar-refractivity contribution < 1.29 is 9.32 Å². The number of rotatable bonds is 4. The van der Waals surface area contributed by atoms with Gasteiger partial charge in [0.1, 0.15) is 0 Å². The summed E-state index contributed by atoms with van der Waals surface area (Å²) in [5.41, 5.74) is 2.47. The molecular formula is C16H17N5O2. The summed E-state index contributed by atoms with van der Waals surface area (Å²) in [6, 6.07) is 1.78. The van der Waals surface area contributed by atoms with Crippen molar-refractivity contribution in [2.24, 2.45) is 0 Å². The van der Waals surface area contributed by atoms with Crippen LogP contribution < -0.4 is 0 Å². The lowest BCUT2D eigenvalue weighted by molar-refractivity contribution is 0.0783. The van der Waals surface area contributed by atoms with Crippen LogP contribution in [0, 0.1) is 0 Å². The Morgan fingerprint density at radius 1 is 1.26 bits per heavy atom. The molecule has 0 spiro atoms. The highest BCUT2D eigenvalue weighted by Crippen LogP contribution is 2.24. The number of carbonyl (C=O) groups excluding carboxylic acids is 1. The predicted molar refractivity (Wildman–Crippen MR) is 83.7 cm³/mol. The van der Waals surface area contributed by atoms with Gasteiger partial charge in [-0.15, -0.1) is 0 Å². The summed E-state index contributed by atoms with van der Waals surface area (Å²) in [4.78, 5) is 26.5. The van der Waals surface area contributed by atoms with E-state index < -0.39 is 0 Å². The van der Waals surface area contributed by atoms with E-state index in [1.165, 1.54) is 6.20 Å². The molecule has 3 aromatic heterocycles. The minimum atomic E-state index is -0.138. The standard InChI is InChI=1S/C16H17N5O2/c1-10(2)14-13-6-11(7-19-15(13)23-20-14)16(22)21(3)9-12-8-17-4-5-18-12/h4-8,10H,9H2,1-3H3. The molecule has 0 fully saturated rings. The molecule has 0 saturated heterocycles. The first-order chi connectivity index (χ1) is 11.1. The Balaban J connectivity index is 1.86. The van der Waals surface area contributed by atoms with Crippen LogP contribution in [0.4, 0.5) is 0 Å². The van der Waals surface area contributed by atoms with Crippen molar-refractivity contribution in [3.05, 3.63) is 47.8 Å². The van der Waals surface area contributed by atoms with Gasteiger partial charge >= 0.3 is 0 Å². The van der Waals surface area contributed by atoms with Gasteiger partial charge in [0.2, 0.25) is 0 Å². The Kier molecular flexibility index (Phi) is 4.01. The van der Waals surface area contributed by atoms with Crippen molar-refractivity contribution in [1.29, 1.82) is 0 Å². The molecule has 0 radical (unpaired) electrons. The van der Waals surface area contributed by atoms with Gasteiger partial charge in [0.25, 0.3) is 11.6 Å². The Labute approximate surface area is 133 Å². The molecule has 0 aromatic carbocycles. The lowest BCUT2D eigenvalue weighted by atomic mass is 10.1. The zero-order chi connectivity index (χ0) is 16.4. The number of nitrogens with zero attached hydrogens (tertiary/aromatic N) is 5. The Bertz CT molecular complexity index is 829. The Morgan fingerprint density at radius 3 is 2.78 bits per heavy atom. The van der Waals surface area contributed by atoms with Crippen LogP contribution in [0.1, 0.15) is 41.5 Å². The largest absolute Gasteiger partial charge is 0.336 e. The summed E-state index contributed by atoms with van der Waals surface area (Å²) in [7, 11) is 1.72. The number of carbonyl (C=O) groups is 1. The lowest BCUT2D eigenvalue weighted by Gasteiger charge is -2.16. The monoisotopic (exact) mass is 311 g/mol. The van der Waals surface area contributed by atoms with Gasteiger partial charge in [-0.25, -0.2) is 4.98 Å². The van der Waals surface area contributed by atoms with Crippen molar-refractivity contribution in [3.63, 3.8) is 0 Å². The molecule has 0 aliphatic heterocycles. The minimum absolute atomic E-state index is 0.138. The molecule has 3 aromatic rings. The van der Waals surface area contributed by atoms with Gasteiger partial charge in [-0.05, 0) is 12.0 Å². The van der Waals surface area contributed by atoms with Gasteiger partial charge in [0, 0.05) is 25.6 Å². The van der Waals surface area contributed by atoms with E-state index in [0.29, 0.717) is 17.8 Å². The van der Waals surface area contributed by atoms with Crippen molar-refractivity contribution in [2.45, 2.75) is 26.3 Å². The minimum Gasteiger partial charge on any atom is -0.336 e. The van der Waals surface area contributed by atoms with Crippen LogP contribution in [0.2, 0.25) is 0 Å². The summed E-state index contributed by atoms with van der Waals surface area (Å²) < 4.78 is 5.20. The molecule has 0 bridgehead atoms. The van der Waals surface area contributed by atoms with Crippen LogP contribution in [0.15, 0.2) is 35.4 Å². The summed E-state index contributed by atoms with van der Waals surface area (Å²) in [6.07, 6.45) is 6.35. The van der Waals surface area contributed by atoms with Crippen LogP contribution in [0.25, 0.3) is 11.1 Å². The maximum absolute atomic E-state index is 12.6. The van der Waals surface area contributed by atoms with E-state index in [1.54, 1.807) is 36.6 Å². The third-order valence-corrected chi connectivity index (χ3v) is 3.51. The van der Waals surface area contributed by atoms with Gasteiger partial charge in [0.15, 0.2) is 0 Å². The molecule has 0 unspecified atom stereocenters. The third-order valence-electron chi connectivity index (χ3n) is 3.51. The van der Waals surface area contributed by atoms with Crippen molar-refractivity contribution in [1.82, 2.24) is 25.0 Å². The molecule has 7 nitrogen and oxygen atoms in total. The Hall–Kier alpha value is -2.83. The van der Waals surface area contributed by atoms with E-state index in [0.717, 1.165) is 16.8 Å². The molecular weight excluding hydrogens is 294 g/mol. The molecule has 0 aliphatic rings. The van der Waals surface area contributed by atoms with E-state index in [-0.39, 0.29) is 11.8 Å². The average Bonchev–Trinajstić information content (AvgIpc) is 2.98. The highest BCUT2D eigenvalue weighted by atomic mass is 16.5. The average molecular weight is 311 g/mol. The smallest absolute Gasteiger partial charge is 0.257 e. The summed E-state index contributed by atoms with van der Waals surface area (Å²) >= 11 is 0. The number of fused-ring (bicyclic) bond motifs is 1. The maximum Gasteiger partial charge on any atom is 0.257 e. The molecule has 1 amide bonds. The molecule has 0 atom stereocenters. The van der Waals surface area contributed by atoms with E-state index in [2.05, 4.69) is 20.1 Å². The molecule has 118 valence electrons. The summed E-state index contributed by atoms with van der Waals surface area (Å²) in [6.45, 7) is 4.42. The molecule has 0 N–H and O–H groups in total. The molecule has 7 heteroatoms. The SMILES string of the molecule is CC(C)c1noc2ncc(C(=O)N(C)Cc3cnccn3)cc12. The fourth-order valence-corrected chi connectivity index (χ4v) is 2.33. The van der Waals surface area contributed by atoms with Crippen LogP contribution >= 0.6 is 0 Å². The van der Waals surface area contributed by atoms with Crippen molar-refractivity contribution in [3.8, 4) is 0 Å². The number of hydrogen-bond donors (Lipinski definition) is 0. The normalized spacial score (nSPS) is 11.1. The van der Waals surface area contributed by atoms with Crippen LogP contribution in [0.3, 0.4) is 0 Å². The van der Waals surface area contributed by atoms with Gasteiger partial charge < -0.3 is 9.42 Å². The van der Waals surface area contributed by atoms with Gasteiger partial charge in [0.05, 0.1) is 35.1 Å². The topological polar surface area (TPSA) is 85.0 Å². The second kappa shape index (κ2) is 6.12. The van der Waals surface area contributed by atoms with E-state index in [4.69, 9.17) is 4.52 Å². The number of amides is 1.